The molecule has 1 saturated heterocycles. The number of carboxylic acid groups (broad SMARTS) is 1. The Morgan fingerprint density at radius 2 is 1.95 bits per heavy atom. The summed E-state index contributed by atoms with van der Waals surface area (Å²) >= 11 is 0. The van der Waals surface area contributed by atoms with Crippen molar-refractivity contribution in [3.05, 3.63) is 48.4 Å². The minimum atomic E-state index is -0.854. The minimum Gasteiger partial charge on any atom is -0.481 e. The summed E-state index contributed by atoms with van der Waals surface area (Å²) in [6, 6.07) is 11.3. The highest BCUT2D eigenvalue weighted by Crippen LogP contribution is 2.27. The molecule has 5 heteroatoms. The summed E-state index contributed by atoms with van der Waals surface area (Å²) in [7, 11) is 0. The molecule has 3 rings (SSSR count). The van der Waals surface area contributed by atoms with Gasteiger partial charge in [0.2, 0.25) is 0 Å². The Kier molecular flexibility index (Phi) is 3.48. The average Bonchev–Trinajstić information content (AvgIpc) is 3.17. The Morgan fingerprint density at radius 3 is 2.62 bits per heavy atom. The highest BCUT2D eigenvalue weighted by molar-refractivity contribution is 5.98. The molecule has 1 atom stereocenters. The zero-order valence-electron chi connectivity index (χ0n) is 11.4. The van der Waals surface area contributed by atoms with Crippen LogP contribution in [0, 0.1) is 5.92 Å². The molecule has 0 bridgehead atoms. The van der Waals surface area contributed by atoms with E-state index in [1.807, 2.05) is 30.3 Å². The summed E-state index contributed by atoms with van der Waals surface area (Å²) in [6.45, 7) is 0.688. The van der Waals surface area contributed by atoms with Crippen molar-refractivity contribution in [3.8, 4) is 11.1 Å². The number of benzene rings is 1. The van der Waals surface area contributed by atoms with Gasteiger partial charge in [-0.15, -0.1) is 0 Å². The van der Waals surface area contributed by atoms with Crippen LogP contribution >= 0.6 is 0 Å². The maximum atomic E-state index is 12.5. The Hall–Kier alpha value is -2.56. The molecule has 1 aromatic heterocycles. The molecule has 0 spiro atoms. The van der Waals surface area contributed by atoms with Gasteiger partial charge in [0.25, 0.3) is 5.91 Å². The Bertz CT molecular complexity index is 662. The zero-order valence-corrected chi connectivity index (χ0v) is 11.4. The van der Waals surface area contributed by atoms with Crippen LogP contribution in [0.5, 0.6) is 0 Å². The van der Waals surface area contributed by atoms with Gasteiger partial charge >= 0.3 is 5.97 Å². The van der Waals surface area contributed by atoms with Crippen LogP contribution in [0.2, 0.25) is 0 Å². The van der Waals surface area contributed by atoms with Crippen molar-refractivity contribution in [1.82, 2.24) is 4.90 Å². The molecule has 0 aliphatic carbocycles. The zero-order chi connectivity index (χ0) is 14.8. The fourth-order valence-electron chi connectivity index (χ4n) is 2.61. The van der Waals surface area contributed by atoms with Gasteiger partial charge in [-0.25, -0.2) is 0 Å². The van der Waals surface area contributed by atoms with Gasteiger partial charge in [-0.1, -0.05) is 30.3 Å². The number of rotatable bonds is 3. The largest absolute Gasteiger partial charge is 0.481 e. The van der Waals surface area contributed by atoms with Crippen molar-refractivity contribution < 1.29 is 19.1 Å². The van der Waals surface area contributed by atoms with E-state index in [1.54, 1.807) is 11.0 Å². The Morgan fingerprint density at radius 1 is 1.19 bits per heavy atom. The summed E-state index contributed by atoms with van der Waals surface area (Å²) in [4.78, 5) is 25.0. The molecule has 1 N–H and O–H groups in total. The first-order valence-electron chi connectivity index (χ1n) is 6.82. The molecule has 5 nitrogen and oxygen atoms in total. The van der Waals surface area contributed by atoms with E-state index >= 15 is 0 Å². The molecule has 1 unspecified atom stereocenters. The summed E-state index contributed by atoms with van der Waals surface area (Å²) in [6.07, 6.45) is 1.97. The van der Waals surface area contributed by atoms with Crippen LogP contribution in [0.25, 0.3) is 11.1 Å². The van der Waals surface area contributed by atoms with Gasteiger partial charge in [0, 0.05) is 18.7 Å². The highest BCUT2D eigenvalue weighted by atomic mass is 16.4. The molecule has 1 amide bonds. The number of furan rings is 1. The van der Waals surface area contributed by atoms with Gasteiger partial charge in [0.15, 0.2) is 5.76 Å². The fourth-order valence-corrected chi connectivity index (χ4v) is 2.61. The molecule has 2 aromatic rings. The first-order valence-corrected chi connectivity index (χ1v) is 6.82. The van der Waals surface area contributed by atoms with Gasteiger partial charge in [0.05, 0.1) is 12.2 Å². The van der Waals surface area contributed by atoms with E-state index in [0.717, 1.165) is 11.1 Å². The highest BCUT2D eigenvalue weighted by Gasteiger charge is 2.33. The van der Waals surface area contributed by atoms with Gasteiger partial charge in [-0.3, -0.25) is 9.59 Å². The number of aliphatic carboxylic acids is 1. The average molecular weight is 285 g/mol. The molecule has 21 heavy (non-hydrogen) atoms. The molecule has 0 saturated carbocycles. The minimum absolute atomic E-state index is 0.239. The monoisotopic (exact) mass is 285 g/mol. The summed E-state index contributed by atoms with van der Waals surface area (Å²) < 4.78 is 5.35. The van der Waals surface area contributed by atoms with Crippen LogP contribution < -0.4 is 0 Å². The molecular formula is C16H15NO4. The van der Waals surface area contributed by atoms with Crippen LogP contribution in [0.1, 0.15) is 17.0 Å². The van der Waals surface area contributed by atoms with E-state index in [2.05, 4.69) is 0 Å². The first kappa shape index (κ1) is 13.4. The number of nitrogens with zero attached hydrogens (tertiary/aromatic N) is 1. The topological polar surface area (TPSA) is 70.8 Å². The van der Waals surface area contributed by atoms with Crippen LogP contribution in [0.4, 0.5) is 0 Å². The van der Waals surface area contributed by atoms with E-state index in [9.17, 15) is 9.59 Å². The van der Waals surface area contributed by atoms with Crippen molar-refractivity contribution in [2.45, 2.75) is 6.42 Å². The third-order valence-corrected chi connectivity index (χ3v) is 3.77. The standard InChI is InChI=1S/C16H15NO4/c18-15(17-8-6-12(10-17)16(19)20)14-13(7-9-21-14)11-4-2-1-3-5-11/h1-5,7,9,12H,6,8,10H2,(H,19,20). The van der Waals surface area contributed by atoms with Crippen molar-refractivity contribution in [1.29, 1.82) is 0 Å². The van der Waals surface area contributed by atoms with Crippen LogP contribution in [-0.2, 0) is 4.79 Å². The van der Waals surface area contributed by atoms with Crippen molar-refractivity contribution in [2.24, 2.45) is 5.92 Å². The summed E-state index contributed by atoms with van der Waals surface area (Å²) in [5.74, 6) is -1.31. The smallest absolute Gasteiger partial charge is 0.308 e. The lowest BCUT2D eigenvalue weighted by molar-refractivity contribution is -0.141. The predicted molar refractivity (Wildman–Crippen MR) is 75.8 cm³/mol. The van der Waals surface area contributed by atoms with Crippen LogP contribution in [0.15, 0.2) is 47.1 Å². The van der Waals surface area contributed by atoms with Crippen molar-refractivity contribution in [3.63, 3.8) is 0 Å². The predicted octanol–water partition coefficient (Wildman–Crippen LogP) is 2.49. The first-order chi connectivity index (χ1) is 10.2. The number of hydrogen-bond donors (Lipinski definition) is 1. The lowest BCUT2D eigenvalue weighted by atomic mass is 10.1. The van der Waals surface area contributed by atoms with E-state index in [0.29, 0.717) is 13.0 Å². The van der Waals surface area contributed by atoms with Gasteiger partial charge in [-0.05, 0) is 18.1 Å². The van der Waals surface area contributed by atoms with Gasteiger partial charge in [-0.2, -0.15) is 0 Å². The Balaban J connectivity index is 1.84. The number of hydrogen-bond acceptors (Lipinski definition) is 3. The second kappa shape index (κ2) is 5.44. The lowest BCUT2D eigenvalue weighted by Crippen LogP contribution is -2.30. The number of carboxylic acids is 1. The normalized spacial score (nSPS) is 17.9. The lowest BCUT2D eigenvalue weighted by Gasteiger charge is -2.15. The second-order valence-electron chi connectivity index (χ2n) is 5.10. The SMILES string of the molecule is O=C(O)C1CCN(C(=O)c2occc2-c2ccccc2)C1. The maximum absolute atomic E-state index is 12.5. The fraction of sp³-hybridized carbons (Fsp3) is 0.250. The van der Waals surface area contributed by atoms with E-state index in [1.165, 1.54) is 6.26 Å². The molecular weight excluding hydrogens is 270 g/mol. The molecule has 108 valence electrons. The number of amides is 1. The summed E-state index contributed by atoms with van der Waals surface area (Å²) in [5, 5.41) is 9.01. The quantitative estimate of drug-likeness (QED) is 0.940. The molecule has 0 radical (unpaired) electrons. The number of carbonyl (C=O) groups excluding carboxylic acids is 1. The van der Waals surface area contributed by atoms with Crippen LogP contribution in [-0.4, -0.2) is 35.0 Å². The molecule has 2 heterocycles. The van der Waals surface area contributed by atoms with Gasteiger partial charge < -0.3 is 14.4 Å². The molecule has 1 aliphatic rings. The van der Waals surface area contributed by atoms with E-state index < -0.39 is 11.9 Å². The second-order valence-corrected chi connectivity index (χ2v) is 5.10. The van der Waals surface area contributed by atoms with E-state index in [-0.39, 0.29) is 18.2 Å². The van der Waals surface area contributed by atoms with Crippen molar-refractivity contribution >= 4 is 11.9 Å². The molecule has 1 fully saturated rings. The number of carbonyl (C=O) groups is 2. The molecule has 1 aliphatic heterocycles. The molecule has 1 aromatic carbocycles. The number of likely N-dealkylation sites (tertiary alicyclic amines) is 1. The third-order valence-electron chi connectivity index (χ3n) is 3.77. The van der Waals surface area contributed by atoms with Gasteiger partial charge in [0.1, 0.15) is 0 Å². The van der Waals surface area contributed by atoms with E-state index in [4.69, 9.17) is 9.52 Å². The van der Waals surface area contributed by atoms with Crippen LogP contribution in [0.3, 0.4) is 0 Å². The Labute approximate surface area is 121 Å². The maximum Gasteiger partial charge on any atom is 0.308 e. The third kappa shape index (κ3) is 2.54. The van der Waals surface area contributed by atoms with Crippen molar-refractivity contribution in [2.75, 3.05) is 13.1 Å². The summed E-state index contributed by atoms with van der Waals surface area (Å²) in [5.41, 5.74) is 1.64.